The average molecular weight is 253 g/mol. The molecule has 0 aliphatic carbocycles. The Morgan fingerprint density at radius 2 is 1.94 bits per heavy atom. The fraction of sp³-hybridized carbons (Fsp3) is 0.333. The largest absolute Gasteiger partial charge is 0.480 e. The Kier molecular flexibility index (Phi) is 5.03. The third-order valence-electron chi connectivity index (χ3n) is 2.13. The number of nitrogens with zero attached hydrogens (tertiary/aromatic N) is 1. The Balaban J connectivity index is 2.88. The van der Waals surface area contributed by atoms with Gasteiger partial charge in [-0.25, -0.2) is 0 Å². The average Bonchev–Trinajstić information content (AvgIpc) is 2.25. The van der Waals surface area contributed by atoms with Crippen LogP contribution in [0.5, 0.6) is 0 Å². The van der Waals surface area contributed by atoms with E-state index in [1.165, 1.54) is 4.90 Å². The van der Waals surface area contributed by atoms with Gasteiger partial charge < -0.3 is 10.0 Å². The van der Waals surface area contributed by atoms with Crippen molar-refractivity contribution in [2.45, 2.75) is 18.6 Å². The van der Waals surface area contributed by atoms with Gasteiger partial charge in [0.1, 0.15) is 6.54 Å². The molecule has 0 aliphatic rings. The number of carboxylic acid groups (broad SMARTS) is 1. The van der Waals surface area contributed by atoms with Gasteiger partial charge in [-0.05, 0) is 12.1 Å². The van der Waals surface area contributed by atoms with Gasteiger partial charge in [0.25, 0.3) is 0 Å². The van der Waals surface area contributed by atoms with Crippen molar-refractivity contribution in [1.29, 1.82) is 0 Å². The number of carboxylic acids is 1. The van der Waals surface area contributed by atoms with Gasteiger partial charge >= 0.3 is 5.97 Å². The summed E-state index contributed by atoms with van der Waals surface area (Å²) in [7, 11) is 0. The van der Waals surface area contributed by atoms with Gasteiger partial charge in [0.05, 0.1) is 0 Å². The lowest BCUT2D eigenvalue weighted by Gasteiger charge is -2.21. The van der Waals surface area contributed by atoms with Crippen LogP contribution >= 0.6 is 12.6 Å². The molecular weight excluding hydrogens is 238 g/mol. The summed E-state index contributed by atoms with van der Waals surface area (Å²) in [6, 6.07) is 8.77. The molecule has 0 aromatic heterocycles. The second-order valence-corrected chi connectivity index (χ2v) is 4.64. The van der Waals surface area contributed by atoms with Crippen molar-refractivity contribution >= 4 is 30.2 Å². The van der Waals surface area contributed by atoms with Crippen LogP contribution in [0, 0.1) is 0 Å². The van der Waals surface area contributed by atoms with Crippen molar-refractivity contribution < 1.29 is 14.7 Å². The summed E-state index contributed by atoms with van der Waals surface area (Å²) < 4.78 is 0. The van der Waals surface area contributed by atoms with Crippen molar-refractivity contribution in [2.24, 2.45) is 0 Å². The van der Waals surface area contributed by atoms with Gasteiger partial charge in [-0.1, -0.05) is 25.1 Å². The molecule has 1 atom stereocenters. The smallest absolute Gasteiger partial charge is 0.323 e. The normalized spacial score (nSPS) is 11.9. The maximum Gasteiger partial charge on any atom is 0.323 e. The fourth-order valence-corrected chi connectivity index (χ4v) is 1.59. The number of hydrogen-bond donors (Lipinski definition) is 2. The van der Waals surface area contributed by atoms with Crippen LogP contribution in [0.2, 0.25) is 0 Å². The van der Waals surface area contributed by atoms with Crippen molar-refractivity contribution in [1.82, 2.24) is 0 Å². The van der Waals surface area contributed by atoms with Crippen molar-refractivity contribution in [3.05, 3.63) is 30.3 Å². The molecule has 1 aromatic carbocycles. The van der Waals surface area contributed by atoms with E-state index in [1.54, 1.807) is 31.2 Å². The number of para-hydroxylation sites is 1. The predicted molar refractivity (Wildman–Crippen MR) is 69.5 cm³/mol. The van der Waals surface area contributed by atoms with E-state index in [4.69, 9.17) is 5.11 Å². The second kappa shape index (κ2) is 6.30. The van der Waals surface area contributed by atoms with E-state index >= 15 is 0 Å². The number of amides is 1. The third kappa shape index (κ3) is 4.48. The van der Waals surface area contributed by atoms with E-state index in [-0.39, 0.29) is 24.1 Å². The zero-order valence-electron chi connectivity index (χ0n) is 9.54. The number of anilines is 1. The van der Waals surface area contributed by atoms with Crippen molar-refractivity contribution in [3.8, 4) is 0 Å². The van der Waals surface area contributed by atoms with E-state index in [9.17, 15) is 9.59 Å². The minimum absolute atomic E-state index is 0.0949. The minimum Gasteiger partial charge on any atom is -0.480 e. The molecule has 0 saturated heterocycles. The highest BCUT2D eigenvalue weighted by Crippen LogP contribution is 2.15. The molecule has 5 heteroatoms. The number of hydrogen-bond acceptors (Lipinski definition) is 3. The van der Waals surface area contributed by atoms with E-state index in [2.05, 4.69) is 12.6 Å². The Labute approximate surface area is 106 Å². The lowest BCUT2D eigenvalue weighted by atomic mass is 10.2. The van der Waals surface area contributed by atoms with E-state index in [1.807, 2.05) is 6.07 Å². The van der Waals surface area contributed by atoms with Crippen LogP contribution in [0.4, 0.5) is 5.69 Å². The highest BCUT2D eigenvalue weighted by molar-refractivity contribution is 7.80. The van der Waals surface area contributed by atoms with E-state index in [0.29, 0.717) is 5.69 Å². The van der Waals surface area contributed by atoms with Gasteiger partial charge in [0.2, 0.25) is 5.91 Å². The Morgan fingerprint density at radius 3 is 2.41 bits per heavy atom. The SMILES string of the molecule is CC(S)CC(=O)N(CC(=O)O)c1ccccc1. The van der Waals surface area contributed by atoms with Crippen LogP contribution in [-0.2, 0) is 9.59 Å². The second-order valence-electron chi connectivity index (χ2n) is 3.76. The number of aliphatic carboxylic acids is 1. The number of thiol groups is 1. The number of rotatable bonds is 5. The molecule has 92 valence electrons. The zero-order chi connectivity index (χ0) is 12.8. The number of benzene rings is 1. The van der Waals surface area contributed by atoms with E-state index < -0.39 is 5.97 Å². The molecule has 1 amide bonds. The molecular formula is C12H15NO3S. The van der Waals surface area contributed by atoms with Crippen LogP contribution in [0.15, 0.2) is 30.3 Å². The maximum atomic E-state index is 11.9. The number of carbonyl (C=O) groups is 2. The minimum atomic E-state index is -1.03. The summed E-state index contributed by atoms with van der Waals surface area (Å²) in [6.45, 7) is 1.47. The topological polar surface area (TPSA) is 57.6 Å². The summed E-state index contributed by atoms with van der Waals surface area (Å²) in [6.07, 6.45) is 0.214. The van der Waals surface area contributed by atoms with Gasteiger partial charge in [-0.2, -0.15) is 12.6 Å². The Hall–Kier alpha value is -1.49. The predicted octanol–water partition coefficient (Wildman–Crippen LogP) is 1.81. The highest BCUT2D eigenvalue weighted by atomic mass is 32.1. The lowest BCUT2D eigenvalue weighted by Crippen LogP contribution is -2.36. The summed E-state index contributed by atoms with van der Waals surface area (Å²) >= 11 is 4.14. The molecule has 1 unspecified atom stereocenters. The Morgan fingerprint density at radius 1 is 1.35 bits per heavy atom. The summed E-state index contributed by atoms with van der Waals surface area (Å²) in [5, 5.41) is 8.72. The van der Waals surface area contributed by atoms with Gasteiger partial charge in [-0.15, -0.1) is 0 Å². The first-order valence-electron chi connectivity index (χ1n) is 5.26. The molecule has 0 radical (unpaired) electrons. The monoisotopic (exact) mass is 253 g/mol. The summed E-state index contributed by atoms with van der Waals surface area (Å²) in [5.74, 6) is -1.27. The van der Waals surface area contributed by atoms with Gasteiger partial charge in [0.15, 0.2) is 0 Å². The first kappa shape index (κ1) is 13.6. The van der Waals surface area contributed by atoms with Crippen LogP contribution in [0.1, 0.15) is 13.3 Å². The zero-order valence-corrected chi connectivity index (χ0v) is 10.4. The first-order valence-corrected chi connectivity index (χ1v) is 5.77. The molecule has 1 rings (SSSR count). The molecule has 1 N–H and O–H groups in total. The fourth-order valence-electron chi connectivity index (χ4n) is 1.43. The molecule has 0 fully saturated rings. The molecule has 1 aromatic rings. The molecule has 0 spiro atoms. The molecule has 0 heterocycles. The van der Waals surface area contributed by atoms with Crippen molar-refractivity contribution in [2.75, 3.05) is 11.4 Å². The number of carbonyl (C=O) groups excluding carboxylic acids is 1. The summed E-state index contributed by atoms with van der Waals surface area (Å²) in [4.78, 5) is 23.9. The van der Waals surface area contributed by atoms with E-state index in [0.717, 1.165) is 0 Å². The first-order chi connectivity index (χ1) is 8.00. The molecule has 0 aliphatic heterocycles. The van der Waals surface area contributed by atoms with Crippen LogP contribution < -0.4 is 4.90 Å². The lowest BCUT2D eigenvalue weighted by molar-refractivity contribution is -0.136. The van der Waals surface area contributed by atoms with Crippen LogP contribution in [0.3, 0.4) is 0 Å². The Bertz CT molecular complexity index is 392. The quantitative estimate of drug-likeness (QED) is 0.787. The maximum absolute atomic E-state index is 11.9. The molecule has 4 nitrogen and oxygen atoms in total. The van der Waals surface area contributed by atoms with Gasteiger partial charge in [0, 0.05) is 17.4 Å². The third-order valence-corrected chi connectivity index (χ3v) is 2.31. The molecule has 17 heavy (non-hydrogen) atoms. The van der Waals surface area contributed by atoms with Crippen LogP contribution in [0.25, 0.3) is 0 Å². The molecule has 0 bridgehead atoms. The summed E-state index contributed by atoms with van der Waals surface area (Å²) in [5.41, 5.74) is 0.592. The standard InChI is InChI=1S/C12H15NO3S/c1-9(17)7-11(14)13(8-12(15)16)10-5-3-2-4-6-10/h2-6,9,17H,7-8H2,1H3,(H,15,16). The molecule has 0 saturated carbocycles. The highest BCUT2D eigenvalue weighted by Gasteiger charge is 2.19. The van der Waals surface area contributed by atoms with Gasteiger partial charge in [-0.3, -0.25) is 9.59 Å². The van der Waals surface area contributed by atoms with Crippen molar-refractivity contribution in [3.63, 3.8) is 0 Å². The van der Waals surface area contributed by atoms with Crippen LogP contribution in [-0.4, -0.2) is 28.8 Å².